The summed E-state index contributed by atoms with van der Waals surface area (Å²) in [6, 6.07) is 6.38. The topological polar surface area (TPSA) is 72.2 Å². The number of alkyl halides is 1. The molecule has 4 nitrogen and oxygen atoms in total. The van der Waals surface area contributed by atoms with Crippen LogP contribution in [0.15, 0.2) is 24.3 Å². The maximum absolute atomic E-state index is 11.8. The zero-order valence-corrected chi connectivity index (χ0v) is 10.5. The molecule has 0 radical (unpaired) electrons. The second-order valence-electron chi connectivity index (χ2n) is 4.41. The molecule has 0 aliphatic rings. The molecule has 0 aromatic heterocycles. The second-order valence-corrected chi connectivity index (χ2v) is 4.68. The van der Waals surface area contributed by atoms with Crippen LogP contribution in [-0.4, -0.2) is 17.7 Å². The van der Waals surface area contributed by atoms with E-state index in [0.717, 1.165) is 0 Å². The number of carbonyl (C=O) groups is 2. The van der Waals surface area contributed by atoms with Crippen molar-refractivity contribution in [1.29, 1.82) is 0 Å². The van der Waals surface area contributed by atoms with Gasteiger partial charge in [0.25, 0.3) is 0 Å². The van der Waals surface area contributed by atoms with Crippen LogP contribution in [0, 0.1) is 5.41 Å². The van der Waals surface area contributed by atoms with Gasteiger partial charge in [-0.05, 0) is 38.1 Å². The predicted molar refractivity (Wildman–Crippen MR) is 68.1 cm³/mol. The number of primary amides is 1. The van der Waals surface area contributed by atoms with E-state index in [4.69, 9.17) is 17.3 Å². The quantitative estimate of drug-likeness (QED) is 0.807. The fraction of sp³-hybridized carbons (Fsp3) is 0.333. The number of rotatable bonds is 4. The molecule has 0 atom stereocenters. The molecule has 0 saturated heterocycles. The minimum absolute atomic E-state index is 0.167. The van der Waals surface area contributed by atoms with Crippen LogP contribution in [0.2, 0.25) is 0 Å². The standard InChI is InChI=1S/C12H15ClN2O2/c1-12(2,7-13)11(17)15-9-5-3-8(4-6-9)10(14)16/h3-6H,7H2,1-2H3,(H2,14,16)(H,15,17). The Labute approximate surface area is 105 Å². The lowest BCUT2D eigenvalue weighted by Gasteiger charge is -2.20. The van der Waals surface area contributed by atoms with E-state index in [9.17, 15) is 9.59 Å². The molecule has 0 fully saturated rings. The highest BCUT2D eigenvalue weighted by atomic mass is 35.5. The molecule has 0 bridgehead atoms. The zero-order chi connectivity index (χ0) is 13.1. The maximum Gasteiger partial charge on any atom is 0.248 e. The number of hydrogen-bond acceptors (Lipinski definition) is 2. The van der Waals surface area contributed by atoms with Gasteiger partial charge in [-0.25, -0.2) is 0 Å². The highest BCUT2D eigenvalue weighted by Gasteiger charge is 2.26. The summed E-state index contributed by atoms with van der Waals surface area (Å²) >= 11 is 5.70. The number of halogens is 1. The van der Waals surface area contributed by atoms with E-state index >= 15 is 0 Å². The van der Waals surface area contributed by atoms with Crippen LogP contribution < -0.4 is 11.1 Å². The SMILES string of the molecule is CC(C)(CCl)C(=O)Nc1ccc(C(N)=O)cc1. The van der Waals surface area contributed by atoms with E-state index in [0.29, 0.717) is 11.3 Å². The van der Waals surface area contributed by atoms with Gasteiger partial charge in [-0.2, -0.15) is 0 Å². The van der Waals surface area contributed by atoms with Crippen molar-refractivity contribution in [2.45, 2.75) is 13.8 Å². The highest BCUT2D eigenvalue weighted by molar-refractivity contribution is 6.20. The third-order valence-electron chi connectivity index (χ3n) is 2.38. The monoisotopic (exact) mass is 254 g/mol. The summed E-state index contributed by atoms with van der Waals surface area (Å²) in [5, 5.41) is 2.72. The number of benzene rings is 1. The Bertz CT molecular complexity index is 427. The average molecular weight is 255 g/mol. The molecular weight excluding hydrogens is 240 g/mol. The Morgan fingerprint density at radius 1 is 1.29 bits per heavy atom. The Balaban J connectivity index is 2.76. The van der Waals surface area contributed by atoms with Gasteiger partial charge < -0.3 is 11.1 Å². The lowest BCUT2D eigenvalue weighted by atomic mass is 9.95. The van der Waals surface area contributed by atoms with Crippen molar-refractivity contribution in [2.24, 2.45) is 11.1 Å². The first kappa shape index (κ1) is 13.5. The van der Waals surface area contributed by atoms with Gasteiger partial charge in [0, 0.05) is 17.1 Å². The molecule has 92 valence electrons. The van der Waals surface area contributed by atoms with Gasteiger partial charge in [0.2, 0.25) is 11.8 Å². The van der Waals surface area contributed by atoms with Crippen molar-refractivity contribution in [3.8, 4) is 0 Å². The number of anilines is 1. The molecule has 0 heterocycles. The van der Waals surface area contributed by atoms with E-state index in [-0.39, 0.29) is 11.8 Å². The Hall–Kier alpha value is -1.55. The molecule has 0 aliphatic heterocycles. The first-order valence-corrected chi connectivity index (χ1v) is 5.67. The molecular formula is C12H15ClN2O2. The highest BCUT2D eigenvalue weighted by Crippen LogP contribution is 2.20. The summed E-state index contributed by atoms with van der Waals surface area (Å²) in [6.07, 6.45) is 0. The zero-order valence-electron chi connectivity index (χ0n) is 9.79. The van der Waals surface area contributed by atoms with Gasteiger partial charge >= 0.3 is 0 Å². The predicted octanol–water partition coefficient (Wildman–Crippen LogP) is 1.99. The van der Waals surface area contributed by atoms with Crippen LogP contribution in [0.25, 0.3) is 0 Å². The molecule has 17 heavy (non-hydrogen) atoms. The minimum atomic E-state index is -0.635. The van der Waals surface area contributed by atoms with Gasteiger partial charge in [-0.1, -0.05) is 0 Å². The first-order valence-electron chi connectivity index (χ1n) is 5.14. The summed E-state index contributed by atoms with van der Waals surface area (Å²) in [6.45, 7) is 3.51. The molecule has 1 aromatic carbocycles. The Kier molecular flexibility index (Phi) is 4.12. The lowest BCUT2D eigenvalue weighted by molar-refractivity contribution is -0.122. The fourth-order valence-electron chi connectivity index (χ4n) is 1.08. The van der Waals surface area contributed by atoms with E-state index in [1.807, 2.05) is 0 Å². The van der Waals surface area contributed by atoms with Crippen molar-refractivity contribution in [2.75, 3.05) is 11.2 Å². The van der Waals surface area contributed by atoms with Gasteiger partial charge in [0.15, 0.2) is 0 Å². The summed E-state index contributed by atoms with van der Waals surface area (Å²) in [5.74, 6) is -0.429. The molecule has 2 amide bonds. The summed E-state index contributed by atoms with van der Waals surface area (Å²) < 4.78 is 0. The molecule has 0 saturated carbocycles. The van der Waals surface area contributed by atoms with Crippen LogP contribution in [0.5, 0.6) is 0 Å². The van der Waals surface area contributed by atoms with Crippen LogP contribution in [-0.2, 0) is 4.79 Å². The van der Waals surface area contributed by atoms with Gasteiger partial charge in [-0.3, -0.25) is 9.59 Å². The Morgan fingerprint density at radius 3 is 2.24 bits per heavy atom. The van der Waals surface area contributed by atoms with Crippen LogP contribution in [0.4, 0.5) is 5.69 Å². The van der Waals surface area contributed by atoms with E-state index in [1.54, 1.807) is 38.1 Å². The summed E-state index contributed by atoms with van der Waals surface area (Å²) in [5.41, 5.74) is 5.49. The number of amides is 2. The van der Waals surface area contributed by atoms with Crippen molar-refractivity contribution in [1.82, 2.24) is 0 Å². The van der Waals surface area contributed by atoms with E-state index in [1.165, 1.54) is 0 Å². The lowest BCUT2D eigenvalue weighted by Crippen LogP contribution is -2.32. The number of hydrogen-bond donors (Lipinski definition) is 2. The van der Waals surface area contributed by atoms with E-state index in [2.05, 4.69) is 5.32 Å². The van der Waals surface area contributed by atoms with Crippen molar-refractivity contribution >= 4 is 29.1 Å². The average Bonchev–Trinajstić information content (AvgIpc) is 2.29. The van der Waals surface area contributed by atoms with Crippen LogP contribution >= 0.6 is 11.6 Å². The molecule has 1 rings (SSSR count). The molecule has 0 aliphatic carbocycles. The fourth-order valence-corrected chi connectivity index (χ4v) is 1.20. The maximum atomic E-state index is 11.8. The molecule has 5 heteroatoms. The molecule has 0 unspecified atom stereocenters. The largest absolute Gasteiger partial charge is 0.366 e. The molecule has 3 N–H and O–H groups in total. The molecule has 0 spiro atoms. The van der Waals surface area contributed by atoms with Crippen LogP contribution in [0.3, 0.4) is 0 Å². The number of nitrogens with one attached hydrogen (secondary N) is 1. The smallest absolute Gasteiger partial charge is 0.248 e. The normalized spacial score (nSPS) is 11.0. The first-order chi connectivity index (χ1) is 7.86. The summed E-state index contributed by atoms with van der Waals surface area (Å²) in [4.78, 5) is 22.7. The van der Waals surface area contributed by atoms with Crippen molar-refractivity contribution in [3.05, 3.63) is 29.8 Å². The van der Waals surface area contributed by atoms with Gasteiger partial charge in [0.1, 0.15) is 0 Å². The van der Waals surface area contributed by atoms with Crippen molar-refractivity contribution < 1.29 is 9.59 Å². The van der Waals surface area contributed by atoms with Gasteiger partial charge in [-0.15, -0.1) is 11.6 Å². The number of carbonyl (C=O) groups excluding carboxylic acids is 2. The third kappa shape index (κ3) is 3.46. The summed E-state index contributed by atoms with van der Waals surface area (Å²) in [7, 11) is 0. The number of nitrogens with two attached hydrogens (primary N) is 1. The van der Waals surface area contributed by atoms with Crippen molar-refractivity contribution in [3.63, 3.8) is 0 Å². The minimum Gasteiger partial charge on any atom is -0.366 e. The third-order valence-corrected chi connectivity index (χ3v) is 3.04. The Morgan fingerprint density at radius 2 is 1.82 bits per heavy atom. The second kappa shape index (κ2) is 5.19. The molecule has 1 aromatic rings. The van der Waals surface area contributed by atoms with Gasteiger partial charge in [0.05, 0.1) is 5.41 Å². The van der Waals surface area contributed by atoms with E-state index < -0.39 is 11.3 Å². The van der Waals surface area contributed by atoms with Crippen LogP contribution in [0.1, 0.15) is 24.2 Å².